The third kappa shape index (κ3) is 2.57. The van der Waals surface area contributed by atoms with Crippen LogP contribution in [-0.2, 0) is 5.66 Å². The molecule has 0 amide bonds. The molecule has 1 aliphatic rings. The molecule has 1 heterocycles. The molecule has 108 valence electrons. The van der Waals surface area contributed by atoms with Crippen molar-refractivity contribution in [2.24, 2.45) is 0 Å². The fourth-order valence-electron chi connectivity index (χ4n) is 2.39. The molecule has 1 atom stereocenters. The molecule has 0 saturated carbocycles. The number of thiocarbonyl (C=S) groups is 1. The minimum atomic E-state index is -0.445. The molecular formula is C16H17N3OS. The molecule has 2 aromatic carbocycles. The lowest BCUT2D eigenvalue weighted by atomic mass is 10.0. The molecule has 2 N–H and O–H groups in total. The van der Waals surface area contributed by atoms with Crippen molar-refractivity contribution in [3.05, 3.63) is 60.2 Å². The van der Waals surface area contributed by atoms with Crippen LogP contribution in [0, 0.1) is 0 Å². The molecule has 1 saturated heterocycles. The molecule has 0 aromatic heterocycles. The second-order valence-electron chi connectivity index (χ2n) is 5.07. The third-order valence-electron chi connectivity index (χ3n) is 3.58. The summed E-state index contributed by atoms with van der Waals surface area (Å²) in [6.07, 6.45) is 0. The standard InChI is InChI=1S/C16H17N3OS/c1-16(12-8-10-14(20-2)11-9-12)17-15(21)19(18-16)13-6-4-3-5-7-13/h3-11,18H,1-2H3,(H,17,21)/t16-/m1/s1. The molecule has 1 fully saturated rings. The van der Waals surface area contributed by atoms with Crippen LogP contribution in [0.15, 0.2) is 54.6 Å². The minimum absolute atomic E-state index is 0.445. The Bertz CT molecular complexity index is 644. The van der Waals surface area contributed by atoms with Gasteiger partial charge in [-0.05, 0) is 49.0 Å². The van der Waals surface area contributed by atoms with E-state index in [-0.39, 0.29) is 0 Å². The number of benzene rings is 2. The highest BCUT2D eigenvalue weighted by Crippen LogP contribution is 2.27. The molecule has 0 spiro atoms. The Kier molecular flexibility index (Phi) is 3.53. The van der Waals surface area contributed by atoms with Gasteiger partial charge in [0.15, 0.2) is 5.11 Å². The van der Waals surface area contributed by atoms with Gasteiger partial charge in [0.2, 0.25) is 0 Å². The van der Waals surface area contributed by atoms with Gasteiger partial charge in [-0.2, -0.15) is 5.43 Å². The first-order valence-electron chi connectivity index (χ1n) is 6.72. The average Bonchev–Trinajstić information content (AvgIpc) is 2.84. The van der Waals surface area contributed by atoms with Crippen LogP contribution in [0.5, 0.6) is 5.75 Å². The molecule has 5 heteroatoms. The molecule has 1 aliphatic heterocycles. The van der Waals surface area contributed by atoms with Gasteiger partial charge in [-0.1, -0.05) is 30.3 Å². The van der Waals surface area contributed by atoms with Crippen molar-refractivity contribution < 1.29 is 4.74 Å². The number of nitrogens with zero attached hydrogens (tertiary/aromatic N) is 1. The quantitative estimate of drug-likeness (QED) is 0.852. The van der Waals surface area contributed by atoms with Crippen LogP contribution in [0.1, 0.15) is 12.5 Å². The number of hydrogen-bond donors (Lipinski definition) is 2. The van der Waals surface area contributed by atoms with Crippen molar-refractivity contribution in [2.75, 3.05) is 12.1 Å². The van der Waals surface area contributed by atoms with E-state index in [2.05, 4.69) is 17.7 Å². The topological polar surface area (TPSA) is 36.5 Å². The zero-order chi connectivity index (χ0) is 14.9. The number of para-hydroxylation sites is 1. The van der Waals surface area contributed by atoms with Crippen molar-refractivity contribution in [3.63, 3.8) is 0 Å². The first kappa shape index (κ1) is 13.9. The van der Waals surface area contributed by atoms with Crippen LogP contribution in [0.4, 0.5) is 5.69 Å². The Morgan fingerprint density at radius 1 is 1.05 bits per heavy atom. The molecule has 3 rings (SSSR count). The zero-order valence-corrected chi connectivity index (χ0v) is 12.8. The highest BCUT2D eigenvalue weighted by molar-refractivity contribution is 7.80. The zero-order valence-electron chi connectivity index (χ0n) is 12.0. The average molecular weight is 299 g/mol. The normalized spacial score (nSPS) is 21.2. The molecule has 0 unspecified atom stereocenters. The van der Waals surface area contributed by atoms with Gasteiger partial charge in [-0.15, -0.1) is 0 Å². The summed E-state index contributed by atoms with van der Waals surface area (Å²) in [4.78, 5) is 0. The van der Waals surface area contributed by atoms with Crippen LogP contribution in [0.25, 0.3) is 0 Å². The van der Waals surface area contributed by atoms with E-state index in [1.807, 2.05) is 59.6 Å². The van der Waals surface area contributed by atoms with Crippen LogP contribution in [-0.4, -0.2) is 12.2 Å². The first-order chi connectivity index (χ1) is 10.1. The summed E-state index contributed by atoms with van der Waals surface area (Å²) < 4.78 is 5.20. The van der Waals surface area contributed by atoms with Gasteiger partial charge in [0.05, 0.1) is 12.8 Å². The smallest absolute Gasteiger partial charge is 0.190 e. The van der Waals surface area contributed by atoms with Crippen LogP contribution >= 0.6 is 12.2 Å². The number of hydrogen-bond acceptors (Lipinski definition) is 3. The molecule has 0 aliphatic carbocycles. The summed E-state index contributed by atoms with van der Waals surface area (Å²) in [7, 11) is 1.66. The summed E-state index contributed by atoms with van der Waals surface area (Å²) in [5.41, 5.74) is 5.08. The predicted molar refractivity (Wildman–Crippen MR) is 88.1 cm³/mol. The second-order valence-corrected chi connectivity index (χ2v) is 5.45. The Hall–Kier alpha value is -2.11. The largest absolute Gasteiger partial charge is 0.497 e. The van der Waals surface area contributed by atoms with Gasteiger partial charge in [0.1, 0.15) is 11.4 Å². The Balaban J connectivity index is 1.88. The Morgan fingerprint density at radius 2 is 1.71 bits per heavy atom. The van der Waals surface area contributed by atoms with E-state index < -0.39 is 5.66 Å². The lowest BCUT2D eigenvalue weighted by Crippen LogP contribution is -2.45. The minimum Gasteiger partial charge on any atom is -0.497 e. The number of hydrazine groups is 1. The van der Waals surface area contributed by atoms with Crippen LogP contribution in [0.3, 0.4) is 0 Å². The maximum absolute atomic E-state index is 5.45. The number of methoxy groups -OCH3 is 1. The summed E-state index contributed by atoms with van der Waals surface area (Å²) in [5.74, 6) is 0.836. The van der Waals surface area contributed by atoms with Crippen molar-refractivity contribution in [2.45, 2.75) is 12.6 Å². The van der Waals surface area contributed by atoms with Gasteiger partial charge < -0.3 is 10.1 Å². The number of anilines is 1. The number of nitrogens with one attached hydrogen (secondary N) is 2. The van der Waals surface area contributed by atoms with Crippen molar-refractivity contribution in [1.29, 1.82) is 0 Å². The highest BCUT2D eigenvalue weighted by atomic mass is 32.1. The SMILES string of the molecule is COc1ccc([C@]2(C)NC(=S)N(c3ccccc3)N2)cc1. The van der Waals surface area contributed by atoms with E-state index in [9.17, 15) is 0 Å². The van der Waals surface area contributed by atoms with E-state index in [0.717, 1.165) is 17.0 Å². The molecule has 4 nitrogen and oxygen atoms in total. The molecular weight excluding hydrogens is 282 g/mol. The van der Waals surface area contributed by atoms with Gasteiger partial charge in [-0.3, -0.25) is 0 Å². The number of rotatable bonds is 3. The summed E-state index contributed by atoms with van der Waals surface area (Å²) >= 11 is 5.45. The van der Waals surface area contributed by atoms with E-state index in [1.54, 1.807) is 7.11 Å². The Labute approximate surface area is 129 Å². The van der Waals surface area contributed by atoms with E-state index in [0.29, 0.717) is 5.11 Å². The van der Waals surface area contributed by atoms with E-state index >= 15 is 0 Å². The van der Waals surface area contributed by atoms with Gasteiger partial charge in [0, 0.05) is 0 Å². The van der Waals surface area contributed by atoms with Crippen molar-refractivity contribution in [3.8, 4) is 5.75 Å². The van der Waals surface area contributed by atoms with E-state index in [4.69, 9.17) is 17.0 Å². The Morgan fingerprint density at radius 3 is 2.33 bits per heavy atom. The van der Waals surface area contributed by atoms with E-state index in [1.165, 1.54) is 0 Å². The summed E-state index contributed by atoms with van der Waals surface area (Å²) in [6.45, 7) is 2.06. The second kappa shape index (κ2) is 5.35. The molecule has 0 radical (unpaired) electrons. The highest BCUT2D eigenvalue weighted by Gasteiger charge is 2.37. The maximum atomic E-state index is 5.45. The van der Waals surface area contributed by atoms with Gasteiger partial charge >= 0.3 is 0 Å². The lowest BCUT2D eigenvalue weighted by molar-refractivity contribution is 0.386. The number of ether oxygens (including phenoxy) is 1. The van der Waals surface area contributed by atoms with Gasteiger partial charge in [0.25, 0.3) is 0 Å². The molecule has 21 heavy (non-hydrogen) atoms. The van der Waals surface area contributed by atoms with Crippen molar-refractivity contribution >= 4 is 23.0 Å². The third-order valence-corrected chi connectivity index (χ3v) is 3.86. The fraction of sp³-hybridized carbons (Fsp3) is 0.188. The van der Waals surface area contributed by atoms with Crippen LogP contribution in [0.2, 0.25) is 0 Å². The predicted octanol–water partition coefficient (Wildman–Crippen LogP) is 2.77. The maximum Gasteiger partial charge on any atom is 0.190 e. The fourth-order valence-corrected chi connectivity index (χ4v) is 2.75. The summed E-state index contributed by atoms with van der Waals surface area (Å²) in [6, 6.07) is 17.9. The molecule has 0 bridgehead atoms. The molecule has 2 aromatic rings. The van der Waals surface area contributed by atoms with Crippen molar-refractivity contribution in [1.82, 2.24) is 10.7 Å². The monoisotopic (exact) mass is 299 g/mol. The van der Waals surface area contributed by atoms with Gasteiger partial charge in [-0.25, -0.2) is 5.01 Å². The summed E-state index contributed by atoms with van der Waals surface area (Å²) in [5, 5.41) is 5.88. The van der Waals surface area contributed by atoms with Crippen LogP contribution < -0.4 is 20.5 Å². The first-order valence-corrected chi connectivity index (χ1v) is 7.13. The lowest BCUT2D eigenvalue weighted by Gasteiger charge is -2.26.